The van der Waals surface area contributed by atoms with Crippen molar-refractivity contribution in [3.63, 3.8) is 0 Å². The van der Waals surface area contributed by atoms with E-state index in [0.29, 0.717) is 24.8 Å². The summed E-state index contributed by atoms with van der Waals surface area (Å²) in [5, 5.41) is 2.87. The molecule has 2 aliphatic carbocycles. The van der Waals surface area contributed by atoms with Crippen LogP contribution in [-0.4, -0.2) is 30.4 Å². The van der Waals surface area contributed by atoms with Gasteiger partial charge in [-0.15, -0.1) is 12.4 Å². The first-order chi connectivity index (χ1) is 11.6. The van der Waals surface area contributed by atoms with Crippen molar-refractivity contribution in [1.82, 2.24) is 5.32 Å². The summed E-state index contributed by atoms with van der Waals surface area (Å²) < 4.78 is 13.9. The van der Waals surface area contributed by atoms with E-state index in [1.165, 1.54) is 11.0 Å². The first kappa shape index (κ1) is 18.1. The third-order valence-electron chi connectivity index (χ3n) is 5.95. The van der Waals surface area contributed by atoms with Crippen LogP contribution in [0.15, 0.2) is 24.3 Å². The topological polar surface area (TPSA) is 75.4 Å². The Morgan fingerprint density at radius 1 is 1.20 bits per heavy atom. The van der Waals surface area contributed by atoms with E-state index in [1.807, 2.05) is 0 Å². The number of nitrogens with two attached hydrogens (primary N) is 1. The van der Waals surface area contributed by atoms with Gasteiger partial charge < -0.3 is 16.0 Å². The van der Waals surface area contributed by atoms with Crippen molar-refractivity contribution >= 4 is 29.9 Å². The minimum atomic E-state index is -0.580. The highest BCUT2D eigenvalue weighted by Crippen LogP contribution is 2.47. The number of amides is 2. The molecule has 0 spiro atoms. The van der Waals surface area contributed by atoms with Gasteiger partial charge in [0.1, 0.15) is 11.9 Å². The van der Waals surface area contributed by atoms with Gasteiger partial charge >= 0.3 is 0 Å². The van der Waals surface area contributed by atoms with Gasteiger partial charge in [0.25, 0.3) is 0 Å². The van der Waals surface area contributed by atoms with Gasteiger partial charge in [0, 0.05) is 12.6 Å². The summed E-state index contributed by atoms with van der Waals surface area (Å²) >= 11 is 0. The Morgan fingerprint density at radius 2 is 1.92 bits per heavy atom. The van der Waals surface area contributed by atoms with Gasteiger partial charge in [-0.1, -0.05) is 12.1 Å². The predicted molar refractivity (Wildman–Crippen MR) is 94.8 cm³/mol. The molecule has 7 heteroatoms. The molecule has 2 saturated carbocycles. The van der Waals surface area contributed by atoms with Gasteiger partial charge in [-0.25, -0.2) is 4.39 Å². The van der Waals surface area contributed by atoms with E-state index in [9.17, 15) is 14.0 Å². The number of hydrogen-bond donors (Lipinski definition) is 2. The van der Waals surface area contributed by atoms with Crippen molar-refractivity contribution in [3.8, 4) is 0 Å². The molecule has 5 nitrogen and oxygen atoms in total. The number of carbonyl (C=O) groups excluding carboxylic acids is 2. The van der Waals surface area contributed by atoms with E-state index in [2.05, 4.69) is 5.32 Å². The molecule has 2 bridgehead atoms. The van der Waals surface area contributed by atoms with E-state index < -0.39 is 11.9 Å². The average molecular weight is 368 g/mol. The maximum absolute atomic E-state index is 13.9. The Morgan fingerprint density at radius 3 is 2.60 bits per heavy atom. The van der Waals surface area contributed by atoms with Gasteiger partial charge in [0.15, 0.2) is 0 Å². The van der Waals surface area contributed by atoms with Crippen molar-refractivity contribution in [2.24, 2.45) is 23.5 Å². The molecule has 4 rings (SSSR count). The molecular weight excluding hydrogens is 345 g/mol. The normalized spacial score (nSPS) is 33.4. The fraction of sp³-hybridized carbons (Fsp3) is 0.556. The molecule has 136 valence electrons. The number of nitrogens with one attached hydrogen (secondary N) is 1. The number of hydrogen-bond acceptors (Lipinski definition) is 3. The number of anilines is 1. The van der Waals surface area contributed by atoms with Crippen LogP contribution in [0, 0.1) is 23.6 Å². The SMILES string of the molecule is Cl.NC1C2CCC(C2)C1C(=O)NC1CCN(c2ccccc2F)C1=O. The van der Waals surface area contributed by atoms with Crippen LogP contribution in [0.3, 0.4) is 0 Å². The highest BCUT2D eigenvalue weighted by Gasteiger charge is 2.50. The highest BCUT2D eigenvalue weighted by atomic mass is 35.5. The Hall–Kier alpha value is -1.66. The third-order valence-corrected chi connectivity index (χ3v) is 5.95. The molecule has 3 aliphatic rings. The van der Waals surface area contributed by atoms with Crippen LogP contribution in [0.1, 0.15) is 25.7 Å². The van der Waals surface area contributed by atoms with E-state index in [0.717, 1.165) is 19.3 Å². The monoisotopic (exact) mass is 367 g/mol. The quantitative estimate of drug-likeness (QED) is 0.856. The number of nitrogens with zero attached hydrogens (tertiary/aromatic N) is 1. The second-order valence-corrected chi connectivity index (χ2v) is 7.23. The average Bonchev–Trinajstić information content (AvgIpc) is 3.24. The van der Waals surface area contributed by atoms with E-state index in [-0.39, 0.29) is 41.9 Å². The molecule has 1 saturated heterocycles. The molecule has 25 heavy (non-hydrogen) atoms. The van der Waals surface area contributed by atoms with Crippen LogP contribution in [0.25, 0.3) is 0 Å². The van der Waals surface area contributed by atoms with Crippen molar-refractivity contribution in [3.05, 3.63) is 30.1 Å². The molecule has 2 amide bonds. The summed E-state index contributed by atoms with van der Waals surface area (Å²) in [6, 6.07) is 5.54. The smallest absolute Gasteiger partial charge is 0.249 e. The Bertz CT molecular complexity index is 684. The number of carbonyl (C=O) groups is 2. The first-order valence-corrected chi connectivity index (χ1v) is 8.68. The number of halogens is 2. The van der Waals surface area contributed by atoms with E-state index in [1.54, 1.807) is 18.2 Å². The number of para-hydroxylation sites is 1. The molecule has 0 radical (unpaired) electrons. The van der Waals surface area contributed by atoms with Crippen LogP contribution in [0.2, 0.25) is 0 Å². The zero-order valence-electron chi connectivity index (χ0n) is 13.9. The summed E-state index contributed by atoms with van der Waals surface area (Å²) in [5.74, 6) is -0.162. The summed E-state index contributed by atoms with van der Waals surface area (Å²) in [5.41, 5.74) is 6.48. The van der Waals surface area contributed by atoms with Crippen molar-refractivity contribution in [2.45, 2.75) is 37.8 Å². The maximum Gasteiger partial charge on any atom is 0.249 e. The molecule has 1 heterocycles. The van der Waals surface area contributed by atoms with Crippen LogP contribution in [-0.2, 0) is 9.59 Å². The summed E-state index contributed by atoms with van der Waals surface area (Å²) in [4.78, 5) is 26.6. The van der Waals surface area contributed by atoms with Gasteiger partial charge in [0.2, 0.25) is 11.8 Å². The summed E-state index contributed by atoms with van der Waals surface area (Å²) in [7, 11) is 0. The van der Waals surface area contributed by atoms with E-state index in [4.69, 9.17) is 5.73 Å². The number of rotatable bonds is 3. The molecule has 1 aromatic rings. The first-order valence-electron chi connectivity index (χ1n) is 8.68. The Labute approximate surface area is 152 Å². The molecule has 3 N–H and O–H groups in total. The molecule has 1 aliphatic heterocycles. The van der Waals surface area contributed by atoms with Crippen LogP contribution >= 0.6 is 12.4 Å². The predicted octanol–water partition coefficient (Wildman–Crippen LogP) is 1.84. The molecule has 5 unspecified atom stereocenters. The van der Waals surface area contributed by atoms with Crippen molar-refractivity contribution in [2.75, 3.05) is 11.4 Å². The maximum atomic E-state index is 13.9. The number of benzene rings is 1. The lowest BCUT2D eigenvalue weighted by molar-refractivity contribution is -0.130. The fourth-order valence-corrected chi connectivity index (χ4v) is 4.72. The lowest BCUT2D eigenvalue weighted by atomic mass is 9.84. The molecule has 5 atom stereocenters. The molecule has 1 aromatic carbocycles. The van der Waals surface area contributed by atoms with Crippen LogP contribution in [0.5, 0.6) is 0 Å². The zero-order valence-corrected chi connectivity index (χ0v) is 14.7. The third kappa shape index (κ3) is 3.02. The van der Waals surface area contributed by atoms with Crippen LogP contribution in [0.4, 0.5) is 10.1 Å². The van der Waals surface area contributed by atoms with Gasteiger partial charge in [0.05, 0.1) is 11.6 Å². The van der Waals surface area contributed by atoms with Gasteiger partial charge in [-0.05, 0) is 49.7 Å². The fourth-order valence-electron chi connectivity index (χ4n) is 4.72. The highest BCUT2D eigenvalue weighted by molar-refractivity contribution is 6.01. The van der Waals surface area contributed by atoms with Gasteiger partial charge in [-0.2, -0.15) is 0 Å². The van der Waals surface area contributed by atoms with Gasteiger partial charge in [-0.3, -0.25) is 9.59 Å². The standard InChI is InChI=1S/C18H22FN3O2.ClH/c19-12-3-1-2-4-14(12)22-8-7-13(18(22)24)21-17(23)15-10-5-6-11(9-10)16(15)20;/h1-4,10-11,13,15-16H,5-9,20H2,(H,21,23);1H. The largest absolute Gasteiger partial charge is 0.344 e. The Balaban J connectivity index is 0.00000182. The molecule has 3 fully saturated rings. The Kier molecular flexibility index (Phi) is 5.02. The van der Waals surface area contributed by atoms with E-state index >= 15 is 0 Å². The molecule has 0 aromatic heterocycles. The summed E-state index contributed by atoms with van der Waals surface area (Å²) in [6.45, 7) is 0.410. The minimum Gasteiger partial charge on any atom is -0.344 e. The lowest BCUT2D eigenvalue weighted by Crippen LogP contribution is -2.50. The lowest BCUT2D eigenvalue weighted by Gasteiger charge is -2.28. The minimum absolute atomic E-state index is 0. The number of fused-ring (bicyclic) bond motifs is 2. The second kappa shape index (κ2) is 6.92. The zero-order chi connectivity index (χ0) is 16.8. The second-order valence-electron chi connectivity index (χ2n) is 7.23. The van der Waals surface area contributed by atoms with Crippen LogP contribution < -0.4 is 16.0 Å². The molecular formula is C18H23ClFN3O2. The van der Waals surface area contributed by atoms with Crippen molar-refractivity contribution in [1.29, 1.82) is 0 Å². The summed E-state index contributed by atoms with van der Waals surface area (Å²) in [6.07, 6.45) is 3.68. The van der Waals surface area contributed by atoms with Crippen molar-refractivity contribution < 1.29 is 14.0 Å².